The number of pyridine rings is 1. The van der Waals surface area contributed by atoms with Crippen molar-refractivity contribution in [1.29, 1.82) is 0 Å². The molecule has 1 aromatic carbocycles. The van der Waals surface area contributed by atoms with Crippen LogP contribution in [-0.2, 0) is 0 Å². The van der Waals surface area contributed by atoms with Gasteiger partial charge in [-0.15, -0.1) is 0 Å². The lowest BCUT2D eigenvalue weighted by molar-refractivity contribution is 0.102. The predicted molar refractivity (Wildman–Crippen MR) is 80.4 cm³/mol. The van der Waals surface area contributed by atoms with Gasteiger partial charge in [-0.2, -0.15) is 0 Å². The molecule has 0 unspecified atom stereocenters. The molecule has 19 heavy (non-hydrogen) atoms. The number of benzene rings is 1. The monoisotopic (exact) mass is 318 g/mol. The zero-order chi connectivity index (χ0) is 13.8. The number of nitrogens with one attached hydrogen (secondary N) is 1. The van der Waals surface area contributed by atoms with Gasteiger partial charge in [-0.25, -0.2) is 4.98 Å². The van der Waals surface area contributed by atoms with Crippen LogP contribution in [0.1, 0.15) is 35.7 Å². The number of anilines is 1. The molecule has 1 aromatic heterocycles. The van der Waals surface area contributed by atoms with Crippen LogP contribution >= 0.6 is 15.9 Å². The first kappa shape index (κ1) is 13.7. The summed E-state index contributed by atoms with van der Waals surface area (Å²) in [6, 6.07) is 11.2. The maximum Gasteiger partial charge on any atom is 0.255 e. The molecule has 1 amide bonds. The largest absolute Gasteiger partial charge is 0.322 e. The summed E-state index contributed by atoms with van der Waals surface area (Å²) < 4.78 is 0.650. The van der Waals surface area contributed by atoms with Crippen molar-refractivity contribution in [3.63, 3.8) is 0 Å². The second kappa shape index (κ2) is 5.97. The van der Waals surface area contributed by atoms with E-state index in [-0.39, 0.29) is 5.91 Å². The topological polar surface area (TPSA) is 42.0 Å². The summed E-state index contributed by atoms with van der Waals surface area (Å²) in [7, 11) is 0. The lowest BCUT2D eigenvalue weighted by Gasteiger charge is -2.13. The Bertz CT molecular complexity index is 596. The van der Waals surface area contributed by atoms with Crippen molar-refractivity contribution in [1.82, 2.24) is 4.98 Å². The van der Waals surface area contributed by atoms with Gasteiger partial charge in [0.1, 0.15) is 4.60 Å². The molecule has 3 nitrogen and oxygen atoms in total. The normalized spacial score (nSPS) is 10.5. The SMILES string of the molecule is CC(C)c1ccccc1NC(=O)c1ccnc(Br)c1. The van der Waals surface area contributed by atoms with E-state index in [4.69, 9.17) is 0 Å². The molecule has 0 saturated heterocycles. The van der Waals surface area contributed by atoms with Crippen molar-refractivity contribution < 1.29 is 4.79 Å². The van der Waals surface area contributed by atoms with Gasteiger partial charge in [0.25, 0.3) is 5.91 Å². The molecular formula is C15H15BrN2O. The smallest absolute Gasteiger partial charge is 0.255 e. The third kappa shape index (κ3) is 3.41. The lowest BCUT2D eigenvalue weighted by Crippen LogP contribution is -2.13. The molecule has 0 fully saturated rings. The average Bonchev–Trinajstić information content (AvgIpc) is 2.39. The lowest BCUT2D eigenvalue weighted by atomic mass is 10.0. The van der Waals surface area contributed by atoms with E-state index < -0.39 is 0 Å². The highest BCUT2D eigenvalue weighted by Gasteiger charge is 2.11. The van der Waals surface area contributed by atoms with Gasteiger partial charge in [0.05, 0.1) is 0 Å². The molecule has 1 N–H and O–H groups in total. The van der Waals surface area contributed by atoms with E-state index in [1.54, 1.807) is 18.3 Å². The van der Waals surface area contributed by atoms with Crippen molar-refractivity contribution in [2.75, 3.05) is 5.32 Å². The number of para-hydroxylation sites is 1. The van der Waals surface area contributed by atoms with E-state index in [0.29, 0.717) is 16.1 Å². The molecule has 2 rings (SSSR count). The Kier molecular flexibility index (Phi) is 4.32. The Hall–Kier alpha value is -1.68. The van der Waals surface area contributed by atoms with Crippen LogP contribution < -0.4 is 5.32 Å². The standard InChI is InChI=1S/C15H15BrN2O/c1-10(2)12-5-3-4-6-13(12)18-15(19)11-7-8-17-14(16)9-11/h3-10H,1-2H3,(H,18,19). The van der Waals surface area contributed by atoms with Gasteiger partial charge in [-0.3, -0.25) is 4.79 Å². The number of carbonyl (C=O) groups excluding carboxylic acids is 1. The Morgan fingerprint density at radius 2 is 2.00 bits per heavy atom. The van der Waals surface area contributed by atoms with Crippen molar-refractivity contribution in [2.45, 2.75) is 19.8 Å². The van der Waals surface area contributed by atoms with E-state index in [0.717, 1.165) is 11.3 Å². The first-order valence-electron chi connectivity index (χ1n) is 6.09. The summed E-state index contributed by atoms with van der Waals surface area (Å²) >= 11 is 3.26. The summed E-state index contributed by atoms with van der Waals surface area (Å²) in [6.07, 6.45) is 1.60. The fraction of sp³-hybridized carbons (Fsp3) is 0.200. The summed E-state index contributed by atoms with van der Waals surface area (Å²) in [5, 5.41) is 2.95. The molecule has 0 radical (unpaired) electrons. The predicted octanol–water partition coefficient (Wildman–Crippen LogP) is 4.22. The molecule has 0 bridgehead atoms. The summed E-state index contributed by atoms with van der Waals surface area (Å²) in [5.41, 5.74) is 2.57. The van der Waals surface area contributed by atoms with Crippen LogP contribution in [0.2, 0.25) is 0 Å². The third-order valence-corrected chi connectivity index (χ3v) is 3.25. The number of carbonyl (C=O) groups is 1. The molecule has 1 heterocycles. The van der Waals surface area contributed by atoms with Gasteiger partial charge in [0.2, 0.25) is 0 Å². The molecule has 2 aromatic rings. The second-order valence-corrected chi connectivity index (χ2v) is 5.38. The van der Waals surface area contributed by atoms with Gasteiger partial charge in [-0.1, -0.05) is 32.0 Å². The number of nitrogens with zero attached hydrogens (tertiary/aromatic N) is 1. The van der Waals surface area contributed by atoms with E-state index in [1.807, 2.05) is 24.3 Å². The fourth-order valence-corrected chi connectivity index (χ4v) is 2.22. The Morgan fingerprint density at radius 3 is 2.68 bits per heavy atom. The number of aromatic nitrogens is 1. The fourth-order valence-electron chi connectivity index (χ4n) is 1.85. The van der Waals surface area contributed by atoms with Crippen LogP contribution in [0.3, 0.4) is 0 Å². The van der Waals surface area contributed by atoms with Crippen LogP contribution in [-0.4, -0.2) is 10.9 Å². The van der Waals surface area contributed by atoms with Crippen LogP contribution in [0.4, 0.5) is 5.69 Å². The van der Waals surface area contributed by atoms with Crippen LogP contribution in [0, 0.1) is 0 Å². The molecule has 0 aliphatic heterocycles. The van der Waals surface area contributed by atoms with Crippen molar-refractivity contribution >= 4 is 27.5 Å². The van der Waals surface area contributed by atoms with E-state index in [9.17, 15) is 4.79 Å². The highest BCUT2D eigenvalue weighted by molar-refractivity contribution is 9.10. The molecular weight excluding hydrogens is 304 g/mol. The van der Waals surface area contributed by atoms with Gasteiger partial charge in [-0.05, 0) is 45.6 Å². The number of hydrogen-bond acceptors (Lipinski definition) is 2. The average molecular weight is 319 g/mol. The minimum atomic E-state index is -0.129. The summed E-state index contributed by atoms with van der Waals surface area (Å²) in [6.45, 7) is 4.21. The maximum atomic E-state index is 12.2. The number of rotatable bonds is 3. The Morgan fingerprint density at radius 1 is 1.26 bits per heavy atom. The number of amides is 1. The second-order valence-electron chi connectivity index (χ2n) is 4.56. The summed E-state index contributed by atoms with van der Waals surface area (Å²) in [5.74, 6) is 0.233. The molecule has 4 heteroatoms. The van der Waals surface area contributed by atoms with Crippen molar-refractivity contribution in [2.24, 2.45) is 0 Å². The Labute approximate surface area is 121 Å². The molecule has 98 valence electrons. The van der Waals surface area contributed by atoms with E-state index in [1.165, 1.54) is 0 Å². The molecule has 0 saturated carbocycles. The molecule has 0 aliphatic rings. The van der Waals surface area contributed by atoms with E-state index >= 15 is 0 Å². The zero-order valence-corrected chi connectivity index (χ0v) is 12.4. The van der Waals surface area contributed by atoms with Gasteiger partial charge in [0.15, 0.2) is 0 Å². The highest BCUT2D eigenvalue weighted by atomic mass is 79.9. The van der Waals surface area contributed by atoms with Crippen LogP contribution in [0.5, 0.6) is 0 Å². The van der Waals surface area contributed by atoms with Crippen molar-refractivity contribution in [3.05, 3.63) is 58.3 Å². The van der Waals surface area contributed by atoms with Gasteiger partial charge < -0.3 is 5.32 Å². The van der Waals surface area contributed by atoms with E-state index in [2.05, 4.69) is 40.1 Å². The summed E-state index contributed by atoms with van der Waals surface area (Å²) in [4.78, 5) is 16.2. The molecule has 0 atom stereocenters. The number of hydrogen-bond donors (Lipinski definition) is 1. The highest BCUT2D eigenvalue weighted by Crippen LogP contribution is 2.24. The molecule has 0 aliphatic carbocycles. The quantitative estimate of drug-likeness (QED) is 0.861. The Balaban J connectivity index is 2.24. The first-order chi connectivity index (χ1) is 9.08. The first-order valence-corrected chi connectivity index (χ1v) is 6.89. The van der Waals surface area contributed by atoms with Gasteiger partial charge >= 0.3 is 0 Å². The van der Waals surface area contributed by atoms with Crippen LogP contribution in [0.25, 0.3) is 0 Å². The maximum absolute atomic E-state index is 12.2. The third-order valence-electron chi connectivity index (χ3n) is 2.82. The molecule has 0 spiro atoms. The van der Waals surface area contributed by atoms with Gasteiger partial charge in [0, 0.05) is 17.4 Å². The zero-order valence-electron chi connectivity index (χ0n) is 10.9. The van der Waals surface area contributed by atoms with Crippen molar-refractivity contribution in [3.8, 4) is 0 Å². The number of halogens is 1. The minimum Gasteiger partial charge on any atom is -0.322 e. The van der Waals surface area contributed by atoms with Crippen LogP contribution in [0.15, 0.2) is 47.2 Å². The minimum absolute atomic E-state index is 0.129.